The second-order valence-electron chi connectivity index (χ2n) is 4.15. The van der Waals surface area contributed by atoms with Crippen LogP contribution in [-0.4, -0.2) is 60.5 Å². The van der Waals surface area contributed by atoms with Crippen molar-refractivity contribution in [2.75, 3.05) is 26.3 Å². The van der Waals surface area contributed by atoms with Gasteiger partial charge in [0, 0.05) is 12.6 Å². The van der Waals surface area contributed by atoms with Crippen LogP contribution in [0.15, 0.2) is 0 Å². The van der Waals surface area contributed by atoms with Gasteiger partial charge in [-0.3, -0.25) is 0 Å². The number of urea groups is 1. The predicted molar refractivity (Wildman–Crippen MR) is 57.6 cm³/mol. The molecule has 0 aliphatic heterocycles. The smallest absolute Gasteiger partial charge is 0.406 e. The molecule has 0 unspecified atom stereocenters. The molecule has 0 atom stereocenters. The maximum absolute atomic E-state index is 12.3. The molecular weight excluding hydrogens is 269 g/mol. The summed E-state index contributed by atoms with van der Waals surface area (Å²) in [6.45, 7) is -1.89. The number of ether oxygens (including phenoxy) is 1. The van der Waals surface area contributed by atoms with Gasteiger partial charge in [0.25, 0.3) is 0 Å². The van der Waals surface area contributed by atoms with Gasteiger partial charge in [-0.1, -0.05) is 0 Å². The topological polar surface area (TPSA) is 78.9 Å². The van der Waals surface area contributed by atoms with Gasteiger partial charge in [0.1, 0.15) is 13.2 Å². The number of carboxylic acids is 1. The molecule has 0 aromatic carbocycles. The Bertz CT molecular complexity index is 331. The molecule has 2 N–H and O–H groups in total. The zero-order valence-electron chi connectivity index (χ0n) is 10.1. The summed E-state index contributed by atoms with van der Waals surface area (Å²) in [6, 6.07) is -1.17. The van der Waals surface area contributed by atoms with Crippen LogP contribution in [0.3, 0.4) is 0 Å². The van der Waals surface area contributed by atoms with E-state index >= 15 is 0 Å². The summed E-state index contributed by atoms with van der Waals surface area (Å²) in [5, 5.41) is 10.5. The number of nitrogens with one attached hydrogen (secondary N) is 1. The van der Waals surface area contributed by atoms with Crippen molar-refractivity contribution >= 4 is 12.0 Å². The Labute approximate surface area is 107 Å². The Hall–Kier alpha value is -1.51. The minimum Gasteiger partial charge on any atom is -0.480 e. The molecule has 1 rings (SSSR count). The number of carbonyl (C=O) groups excluding carboxylic acids is 1. The van der Waals surface area contributed by atoms with Crippen LogP contribution < -0.4 is 5.32 Å². The number of aliphatic carboxylic acids is 1. The molecule has 2 amide bonds. The van der Waals surface area contributed by atoms with Gasteiger partial charge in [0.05, 0.1) is 6.61 Å². The summed E-state index contributed by atoms with van der Waals surface area (Å²) < 4.78 is 41.5. The zero-order chi connectivity index (χ0) is 14.5. The maximum Gasteiger partial charge on any atom is 0.406 e. The van der Waals surface area contributed by atoms with E-state index in [2.05, 4.69) is 10.1 Å². The average Bonchev–Trinajstić information content (AvgIpc) is 3.07. The lowest BCUT2D eigenvalue weighted by molar-refractivity contribution is -0.142. The molecule has 1 saturated carbocycles. The highest BCUT2D eigenvalue weighted by atomic mass is 19.4. The standard InChI is InChI=1S/C10H15F3N2O4/c11-10(12,13)6-15(7-1-2-7)9(18)14-3-4-19-5-8(16)17/h7H,1-6H2,(H,14,18)(H,16,17). The molecule has 0 radical (unpaired) electrons. The van der Waals surface area contributed by atoms with Crippen LogP contribution in [0.1, 0.15) is 12.8 Å². The minimum atomic E-state index is -4.43. The summed E-state index contributed by atoms with van der Waals surface area (Å²) in [6.07, 6.45) is -3.29. The molecule has 1 aliphatic rings. The Morgan fingerprint density at radius 2 is 2.00 bits per heavy atom. The molecule has 19 heavy (non-hydrogen) atoms. The van der Waals surface area contributed by atoms with E-state index in [1.165, 1.54) is 0 Å². The van der Waals surface area contributed by atoms with Gasteiger partial charge in [-0.15, -0.1) is 0 Å². The summed E-state index contributed by atoms with van der Waals surface area (Å²) in [4.78, 5) is 22.4. The van der Waals surface area contributed by atoms with Gasteiger partial charge in [0.2, 0.25) is 0 Å². The van der Waals surface area contributed by atoms with Gasteiger partial charge in [-0.25, -0.2) is 9.59 Å². The molecule has 0 spiro atoms. The lowest BCUT2D eigenvalue weighted by Crippen LogP contribution is -2.46. The fourth-order valence-electron chi connectivity index (χ4n) is 1.44. The van der Waals surface area contributed by atoms with E-state index in [0.29, 0.717) is 12.8 Å². The number of nitrogens with zero attached hydrogens (tertiary/aromatic N) is 1. The second kappa shape index (κ2) is 6.60. The van der Waals surface area contributed by atoms with Gasteiger partial charge in [0.15, 0.2) is 0 Å². The van der Waals surface area contributed by atoms with Crippen LogP contribution >= 0.6 is 0 Å². The zero-order valence-corrected chi connectivity index (χ0v) is 10.1. The normalized spacial score (nSPS) is 15.1. The first-order valence-electron chi connectivity index (χ1n) is 5.70. The average molecular weight is 284 g/mol. The first-order valence-corrected chi connectivity index (χ1v) is 5.70. The minimum absolute atomic E-state index is 0.0345. The number of amides is 2. The number of hydrogen-bond acceptors (Lipinski definition) is 3. The maximum atomic E-state index is 12.3. The monoisotopic (exact) mass is 284 g/mol. The highest BCUT2D eigenvalue weighted by Crippen LogP contribution is 2.29. The summed E-state index contributed by atoms with van der Waals surface area (Å²) >= 11 is 0. The van der Waals surface area contributed by atoms with Crippen molar-refractivity contribution in [3.63, 3.8) is 0 Å². The molecule has 110 valence electrons. The second-order valence-corrected chi connectivity index (χ2v) is 4.15. The fourth-order valence-corrected chi connectivity index (χ4v) is 1.44. The molecule has 0 bridgehead atoms. The predicted octanol–water partition coefficient (Wildman–Crippen LogP) is 0.824. The molecule has 0 heterocycles. The molecule has 0 saturated heterocycles. The number of carboxylic acid groups (broad SMARTS) is 1. The first-order chi connectivity index (χ1) is 8.79. The summed E-state index contributed by atoms with van der Waals surface area (Å²) in [5.74, 6) is -1.15. The SMILES string of the molecule is O=C(O)COCCNC(=O)N(CC(F)(F)F)C1CC1. The highest BCUT2D eigenvalue weighted by molar-refractivity contribution is 5.75. The van der Waals surface area contributed by atoms with E-state index in [-0.39, 0.29) is 19.2 Å². The number of hydrogen-bond donors (Lipinski definition) is 2. The molecular formula is C10H15F3N2O4. The summed E-state index contributed by atoms with van der Waals surface area (Å²) in [5.41, 5.74) is 0. The van der Waals surface area contributed by atoms with Crippen LogP contribution in [0.25, 0.3) is 0 Å². The fraction of sp³-hybridized carbons (Fsp3) is 0.800. The first kappa shape index (κ1) is 15.5. The van der Waals surface area contributed by atoms with Crippen LogP contribution in [0, 0.1) is 0 Å². The van der Waals surface area contributed by atoms with Crippen molar-refractivity contribution in [2.45, 2.75) is 25.1 Å². The van der Waals surface area contributed by atoms with Crippen molar-refractivity contribution in [1.29, 1.82) is 0 Å². The number of alkyl halides is 3. The third-order valence-electron chi connectivity index (χ3n) is 2.35. The van der Waals surface area contributed by atoms with Gasteiger partial charge >= 0.3 is 18.2 Å². The van der Waals surface area contributed by atoms with Crippen molar-refractivity contribution in [2.24, 2.45) is 0 Å². The Morgan fingerprint density at radius 3 is 2.47 bits per heavy atom. The Morgan fingerprint density at radius 1 is 1.37 bits per heavy atom. The Balaban J connectivity index is 2.27. The van der Waals surface area contributed by atoms with E-state index in [9.17, 15) is 22.8 Å². The lowest BCUT2D eigenvalue weighted by Gasteiger charge is -2.23. The van der Waals surface area contributed by atoms with E-state index in [0.717, 1.165) is 4.90 Å². The lowest BCUT2D eigenvalue weighted by atomic mass is 10.4. The molecule has 0 aromatic rings. The van der Waals surface area contributed by atoms with Crippen LogP contribution in [0.2, 0.25) is 0 Å². The molecule has 1 fully saturated rings. The van der Waals surface area contributed by atoms with Crippen molar-refractivity contribution in [1.82, 2.24) is 10.2 Å². The number of carbonyl (C=O) groups is 2. The summed E-state index contributed by atoms with van der Waals surface area (Å²) in [7, 11) is 0. The molecule has 6 nitrogen and oxygen atoms in total. The van der Waals surface area contributed by atoms with E-state index in [4.69, 9.17) is 5.11 Å². The third-order valence-corrected chi connectivity index (χ3v) is 2.35. The van der Waals surface area contributed by atoms with E-state index in [1.54, 1.807) is 0 Å². The quantitative estimate of drug-likeness (QED) is 0.679. The van der Waals surface area contributed by atoms with Crippen molar-refractivity contribution in [3.8, 4) is 0 Å². The van der Waals surface area contributed by atoms with E-state index in [1.807, 2.05) is 0 Å². The molecule has 1 aliphatic carbocycles. The number of rotatable bonds is 7. The van der Waals surface area contributed by atoms with Crippen LogP contribution in [-0.2, 0) is 9.53 Å². The van der Waals surface area contributed by atoms with Gasteiger partial charge in [-0.2, -0.15) is 13.2 Å². The third kappa shape index (κ3) is 6.85. The Kier molecular flexibility index (Phi) is 5.40. The van der Waals surface area contributed by atoms with E-state index < -0.39 is 31.3 Å². The van der Waals surface area contributed by atoms with Crippen LogP contribution in [0.5, 0.6) is 0 Å². The van der Waals surface area contributed by atoms with Crippen LogP contribution in [0.4, 0.5) is 18.0 Å². The largest absolute Gasteiger partial charge is 0.480 e. The van der Waals surface area contributed by atoms with Gasteiger partial charge in [-0.05, 0) is 12.8 Å². The molecule has 9 heteroatoms. The molecule has 0 aromatic heterocycles. The highest BCUT2D eigenvalue weighted by Gasteiger charge is 2.40. The number of halogens is 3. The van der Waals surface area contributed by atoms with Crippen molar-refractivity contribution in [3.05, 3.63) is 0 Å². The van der Waals surface area contributed by atoms with Crippen molar-refractivity contribution < 1.29 is 32.6 Å². The van der Waals surface area contributed by atoms with Gasteiger partial charge < -0.3 is 20.1 Å².